The molecule has 20 heavy (non-hydrogen) atoms. The van der Waals surface area contributed by atoms with Crippen LogP contribution in [0.4, 0.5) is 0 Å². The van der Waals surface area contributed by atoms with Crippen molar-refractivity contribution in [1.29, 1.82) is 0 Å². The van der Waals surface area contributed by atoms with Gasteiger partial charge in [0.15, 0.2) is 0 Å². The van der Waals surface area contributed by atoms with Gasteiger partial charge in [0, 0.05) is 19.0 Å². The number of aryl methyl sites for hydroxylation is 1. The third-order valence-corrected chi connectivity index (χ3v) is 4.73. The first-order valence-corrected chi connectivity index (χ1v) is 8.19. The Morgan fingerprint density at radius 1 is 1.35 bits per heavy atom. The molecule has 1 aliphatic carbocycles. The molecule has 1 aromatic rings. The molecule has 1 saturated carbocycles. The standard InChI is InChI=1S/C16H30N4/c1-4-9-20-15(18-12-19-20)10-14(17)16(11-13(2)3)7-5-6-8-16/h12-14H,4-11,17H2,1-3H3. The Morgan fingerprint density at radius 2 is 2.05 bits per heavy atom. The van der Waals surface area contributed by atoms with E-state index in [1.54, 1.807) is 6.33 Å². The van der Waals surface area contributed by atoms with Crippen molar-refractivity contribution in [2.45, 2.75) is 78.3 Å². The van der Waals surface area contributed by atoms with Crippen LogP contribution in [0.5, 0.6) is 0 Å². The second-order valence-corrected chi connectivity index (χ2v) is 6.88. The predicted octanol–water partition coefficient (Wildman–Crippen LogP) is 3.16. The van der Waals surface area contributed by atoms with Crippen LogP contribution in [0, 0.1) is 11.3 Å². The summed E-state index contributed by atoms with van der Waals surface area (Å²) in [4.78, 5) is 4.43. The molecule has 4 heteroatoms. The van der Waals surface area contributed by atoms with E-state index in [0.717, 1.165) is 25.2 Å². The second-order valence-electron chi connectivity index (χ2n) is 6.88. The van der Waals surface area contributed by atoms with E-state index in [2.05, 4.69) is 30.9 Å². The fraction of sp³-hybridized carbons (Fsp3) is 0.875. The molecule has 4 nitrogen and oxygen atoms in total. The Bertz CT molecular complexity index is 404. The van der Waals surface area contributed by atoms with Crippen molar-refractivity contribution in [1.82, 2.24) is 14.8 Å². The predicted molar refractivity (Wildman–Crippen MR) is 82.3 cm³/mol. The quantitative estimate of drug-likeness (QED) is 0.833. The molecule has 0 aromatic carbocycles. The maximum atomic E-state index is 6.64. The van der Waals surface area contributed by atoms with Crippen LogP contribution in [0.3, 0.4) is 0 Å². The van der Waals surface area contributed by atoms with Crippen molar-refractivity contribution in [3.63, 3.8) is 0 Å². The van der Waals surface area contributed by atoms with Gasteiger partial charge >= 0.3 is 0 Å². The van der Waals surface area contributed by atoms with Gasteiger partial charge in [-0.25, -0.2) is 4.98 Å². The molecular formula is C16H30N4. The van der Waals surface area contributed by atoms with Crippen molar-refractivity contribution >= 4 is 0 Å². The van der Waals surface area contributed by atoms with E-state index in [-0.39, 0.29) is 6.04 Å². The maximum absolute atomic E-state index is 6.64. The minimum absolute atomic E-state index is 0.215. The van der Waals surface area contributed by atoms with Gasteiger partial charge in [-0.3, -0.25) is 4.68 Å². The zero-order chi connectivity index (χ0) is 14.6. The van der Waals surface area contributed by atoms with Gasteiger partial charge in [-0.05, 0) is 37.0 Å². The van der Waals surface area contributed by atoms with Crippen LogP contribution in [0.2, 0.25) is 0 Å². The summed E-state index contributed by atoms with van der Waals surface area (Å²) >= 11 is 0. The summed E-state index contributed by atoms with van der Waals surface area (Å²) < 4.78 is 2.03. The third-order valence-electron chi connectivity index (χ3n) is 4.73. The number of aromatic nitrogens is 3. The zero-order valence-corrected chi connectivity index (χ0v) is 13.3. The van der Waals surface area contributed by atoms with Crippen LogP contribution in [-0.2, 0) is 13.0 Å². The minimum Gasteiger partial charge on any atom is -0.327 e. The molecule has 1 atom stereocenters. The normalized spacial score (nSPS) is 19.6. The van der Waals surface area contributed by atoms with Gasteiger partial charge < -0.3 is 5.73 Å². The van der Waals surface area contributed by atoms with Gasteiger partial charge in [0.05, 0.1) is 0 Å². The average Bonchev–Trinajstić information content (AvgIpc) is 3.00. The summed E-state index contributed by atoms with van der Waals surface area (Å²) in [5.74, 6) is 1.78. The van der Waals surface area contributed by atoms with Crippen LogP contribution in [0.1, 0.15) is 65.1 Å². The molecule has 1 heterocycles. The van der Waals surface area contributed by atoms with Gasteiger partial charge in [-0.1, -0.05) is 33.6 Å². The SMILES string of the molecule is CCCn1ncnc1CC(N)C1(CC(C)C)CCCC1. The van der Waals surface area contributed by atoms with Gasteiger partial charge in [0.1, 0.15) is 12.2 Å². The van der Waals surface area contributed by atoms with Gasteiger partial charge in [-0.2, -0.15) is 5.10 Å². The zero-order valence-electron chi connectivity index (χ0n) is 13.3. The highest BCUT2D eigenvalue weighted by molar-refractivity contribution is 4.99. The Morgan fingerprint density at radius 3 is 2.65 bits per heavy atom. The molecule has 0 saturated heterocycles. The summed E-state index contributed by atoms with van der Waals surface area (Å²) in [5.41, 5.74) is 6.97. The molecule has 0 aliphatic heterocycles. The monoisotopic (exact) mass is 278 g/mol. The van der Waals surface area contributed by atoms with Crippen LogP contribution >= 0.6 is 0 Å². The lowest BCUT2D eigenvalue weighted by Gasteiger charge is -2.37. The summed E-state index contributed by atoms with van der Waals surface area (Å²) in [6.45, 7) is 7.74. The van der Waals surface area contributed by atoms with E-state index in [1.807, 2.05) is 4.68 Å². The highest BCUT2D eigenvalue weighted by Crippen LogP contribution is 2.45. The Labute approximate surface area is 123 Å². The van der Waals surface area contributed by atoms with E-state index < -0.39 is 0 Å². The van der Waals surface area contributed by atoms with E-state index in [1.165, 1.54) is 32.1 Å². The van der Waals surface area contributed by atoms with E-state index in [0.29, 0.717) is 11.3 Å². The molecule has 114 valence electrons. The minimum atomic E-state index is 0.215. The fourth-order valence-corrected chi connectivity index (χ4v) is 3.88. The summed E-state index contributed by atoms with van der Waals surface area (Å²) in [6, 6.07) is 0.215. The van der Waals surface area contributed by atoms with Gasteiger partial charge in [0.2, 0.25) is 0 Å². The molecule has 2 N–H and O–H groups in total. The number of nitrogens with two attached hydrogens (primary N) is 1. The number of rotatable bonds is 7. The Kier molecular flexibility index (Phi) is 5.19. The number of hydrogen-bond acceptors (Lipinski definition) is 3. The first-order chi connectivity index (χ1) is 9.57. The average molecular weight is 278 g/mol. The highest BCUT2D eigenvalue weighted by Gasteiger charge is 2.40. The van der Waals surface area contributed by atoms with Crippen molar-refractivity contribution < 1.29 is 0 Å². The lowest BCUT2D eigenvalue weighted by atomic mass is 9.72. The lowest BCUT2D eigenvalue weighted by molar-refractivity contribution is 0.179. The molecule has 1 fully saturated rings. The molecule has 0 radical (unpaired) electrons. The van der Waals surface area contributed by atoms with Crippen molar-refractivity contribution in [2.75, 3.05) is 0 Å². The summed E-state index contributed by atoms with van der Waals surface area (Å²) in [7, 11) is 0. The van der Waals surface area contributed by atoms with E-state index in [4.69, 9.17) is 5.73 Å². The van der Waals surface area contributed by atoms with Gasteiger partial charge in [-0.15, -0.1) is 0 Å². The summed E-state index contributed by atoms with van der Waals surface area (Å²) in [6.07, 6.45) is 10.1. The van der Waals surface area contributed by atoms with Crippen molar-refractivity contribution in [2.24, 2.45) is 17.1 Å². The molecule has 2 rings (SSSR count). The first-order valence-electron chi connectivity index (χ1n) is 8.19. The maximum Gasteiger partial charge on any atom is 0.138 e. The smallest absolute Gasteiger partial charge is 0.138 e. The van der Waals surface area contributed by atoms with E-state index >= 15 is 0 Å². The Hall–Kier alpha value is -0.900. The van der Waals surface area contributed by atoms with Crippen LogP contribution in [-0.4, -0.2) is 20.8 Å². The van der Waals surface area contributed by atoms with Crippen LogP contribution < -0.4 is 5.73 Å². The van der Waals surface area contributed by atoms with Crippen molar-refractivity contribution in [3.05, 3.63) is 12.2 Å². The lowest BCUT2D eigenvalue weighted by Crippen LogP contribution is -2.43. The largest absolute Gasteiger partial charge is 0.327 e. The molecule has 0 bridgehead atoms. The second kappa shape index (κ2) is 6.70. The molecule has 1 unspecified atom stereocenters. The summed E-state index contributed by atoms with van der Waals surface area (Å²) in [5, 5.41) is 4.32. The third kappa shape index (κ3) is 3.40. The Balaban J connectivity index is 2.08. The molecule has 0 amide bonds. The molecule has 1 aromatic heterocycles. The van der Waals surface area contributed by atoms with Crippen LogP contribution in [0.25, 0.3) is 0 Å². The molecular weight excluding hydrogens is 248 g/mol. The molecule has 1 aliphatic rings. The number of nitrogens with zero attached hydrogens (tertiary/aromatic N) is 3. The molecule has 0 spiro atoms. The van der Waals surface area contributed by atoms with Crippen molar-refractivity contribution in [3.8, 4) is 0 Å². The van der Waals surface area contributed by atoms with Crippen LogP contribution in [0.15, 0.2) is 6.33 Å². The van der Waals surface area contributed by atoms with Gasteiger partial charge in [0.25, 0.3) is 0 Å². The fourth-order valence-electron chi connectivity index (χ4n) is 3.88. The number of hydrogen-bond donors (Lipinski definition) is 1. The topological polar surface area (TPSA) is 56.7 Å². The highest BCUT2D eigenvalue weighted by atomic mass is 15.3. The van der Waals surface area contributed by atoms with E-state index in [9.17, 15) is 0 Å². The first kappa shape index (κ1) is 15.5.